The smallest absolute Gasteiger partial charge is 0.283 e. The third-order valence-electron chi connectivity index (χ3n) is 5.62. The Labute approximate surface area is 208 Å². The van der Waals surface area contributed by atoms with Crippen molar-refractivity contribution in [3.63, 3.8) is 0 Å². The van der Waals surface area contributed by atoms with E-state index >= 15 is 0 Å². The number of rotatable bonds is 9. The maximum absolute atomic E-state index is 13.1. The van der Waals surface area contributed by atoms with Gasteiger partial charge in [0.15, 0.2) is 17.1 Å². The van der Waals surface area contributed by atoms with Gasteiger partial charge >= 0.3 is 0 Å². The molecule has 0 atom stereocenters. The van der Waals surface area contributed by atoms with Crippen molar-refractivity contribution in [2.24, 2.45) is 0 Å². The van der Waals surface area contributed by atoms with E-state index in [4.69, 9.17) is 14.2 Å². The fourth-order valence-corrected chi connectivity index (χ4v) is 3.73. The van der Waals surface area contributed by atoms with Crippen LogP contribution < -0.4 is 25.2 Å². The molecular weight excluding hydrogens is 462 g/mol. The van der Waals surface area contributed by atoms with E-state index in [0.29, 0.717) is 42.7 Å². The molecule has 0 saturated heterocycles. The number of fused-ring (bicyclic) bond motifs is 1. The minimum Gasteiger partial charge on any atom is -0.490 e. The van der Waals surface area contributed by atoms with Gasteiger partial charge in [-0.05, 0) is 70.0 Å². The summed E-state index contributed by atoms with van der Waals surface area (Å²) < 4.78 is 19.7. The van der Waals surface area contributed by atoms with E-state index in [2.05, 4.69) is 15.5 Å². The molecule has 0 aliphatic heterocycles. The number of nitrogens with one attached hydrogen (secondary N) is 1. The molecule has 1 N–H and O–H groups in total. The van der Waals surface area contributed by atoms with Gasteiger partial charge in [-0.3, -0.25) is 15.0 Å². The summed E-state index contributed by atoms with van der Waals surface area (Å²) >= 11 is 0. The van der Waals surface area contributed by atoms with Crippen LogP contribution in [0.4, 0.5) is 0 Å². The van der Waals surface area contributed by atoms with Gasteiger partial charge in [0.25, 0.3) is 11.5 Å². The van der Waals surface area contributed by atoms with Crippen molar-refractivity contribution < 1.29 is 19.0 Å². The van der Waals surface area contributed by atoms with E-state index in [0.717, 1.165) is 21.5 Å². The average molecular weight is 492 g/mol. The molecule has 36 heavy (non-hydrogen) atoms. The first-order valence-electron chi connectivity index (χ1n) is 11.8. The SMILES string of the molecule is CCOc1cc(C(=O)Nn2cnc3c(cnn3-c3ccc(C)c(C)c3)c2=O)cc(OCC)c1OCC. The Hall–Kier alpha value is -4.34. The molecular formula is C26H29N5O5. The number of aromatic nitrogens is 4. The van der Waals surface area contributed by atoms with Crippen LogP contribution in [0.1, 0.15) is 42.3 Å². The fourth-order valence-electron chi connectivity index (χ4n) is 3.73. The zero-order valence-corrected chi connectivity index (χ0v) is 21.0. The van der Waals surface area contributed by atoms with Crippen LogP contribution in [0.5, 0.6) is 17.2 Å². The highest BCUT2D eigenvalue weighted by Crippen LogP contribution is 2.39. The van der Waals surface area contributed by atoms with E-state index in [1.807, 2.05) is 52.8 Å². The summed E-state index contributed by atoms with van der Waals surface area (Å²) in [5.41, 5.74) is 5.82. The number of carbonyl (C=O) groups is 1. The van der Waals surface area contributed by atoms with Gasteiger partial charge in [-0.15, -0.1) is 0 Å². The lowest BCUT2D eigenvalue weighted by molar-refractivity contribution is 0.101. The quantitative estimate of drug-likeness (QED) is 0.379. The lowest BCUT2D eigenvalue weighted by atomic mass is 10.1. The van der Waals surface area contributed by atoms with Crippen LogP contribution in [-0.4, -0.2) is 45.2 Å². The predicted octanol–water partition coefficient (Wildman–Crippen LogP) is 3.78. The number of carbonyl (C=O) groups excluding carboxylic acids is 1. The molecule has 0 spiro atoms. The second kappa shape index (κ2) is 10.5. The van der Waals surface area contributed by atoms with Gasteiger partial charge < -0.3 is 14.2 Å². The van der Waals surface area contributed by atoms with E-state index in [9.17, 15) is 9.59 Å². The number of hydrogen-bond donors (Lipinski definition) is 1. The van der Waals surface area contributed by atoms with Crippen molar-refractivity contribution in [3.8, 4) is 22.9 Å². The first-order chi connectivity index (χ1) is 17.4. The minimum absolute atomic E-state index is 0.239. The number of nitrogens with zero attached hydrogens (tertiary/aromatic N) is 4. The van der Waals surface area contributed by atoms with Gasteiger partial charge in [0.2, 0.25) is 5.75 Å². The maximum Gasteiger partial charge on any atom is 0.283 e. The molecule has 2 aromatic heterocycles. The highest BCUT2D eigenvalue weighted by molar-refractivity contribution is 6.01. The molecule has 0 bridgehead atoms. The summed E-state index contributed by atoms with van der Waals surface area (Å²) in [5, 5.41) is 4.62. The lowest BCUT2D eigenvalue weighted by Gasteiger charge is -2.17. The van der Waals surface area contributed by atoms with Crippen LogP contribution in [0.15, 0.2) is 47.7 Å². The molecule has 2 heterocycles. The Bertz CT molecular complexity index is 1450. The van der Waals surface area contributed by atoms with Gasteiger partial charge in [-0.25, -0.2) is 14.3 Å². The number of benzene rings is 2. The van der Waals surface area contributed by atoms with Gasteiger partial charge in [-0.1, -0.05) is 6.07 Å². The summed E-state index contributed by atoms with van der Waals surface area (Å²) in [6.07, 6.45) is 2.71. The van der Waals surface area contributed by atoms with Crippen LogP contribution in [0, 0.1) is 13.8 Å². The molecule has 0 saturated carbocycles. The topological polar surface area (TPSA) is 110 Å². The summed E-state index contributed by atoms with van der Waals surface area (Å²) in [6.45, 7) is 10.7. The molecule has 4 rings (SSSR count). The molecule has 4 aromatic rings. The fraction of sp³-hybridized carbons (Fsp3) is 0.308. The number of ether oxygens (including phenoxy) is 3. The predicted molar refractivity (Wildman–Crippen MR) is 136 cm³/mol. The molecule has 0 aliphatic carbocycles. The molecule has 0 unspecified atom stereocenters. The molecule has 0 fully saturated rings. The maximum atomic E-state index is 13.1. The first kappa shape index (κ1) is 24.8. The standard InChI is InChI=1S/C26H29N5O5/c1-6-34-21-12-18(13-22(35-7-2)23(21)36-8-3)25(32)29-30-15-27-24-20(26(30)33)14-28-31(24)19-10-9-16(4)17(5)11-19/h9-15H,6-8H2,1-5H3,(H,29,32). The van der Waals surface area contributed by atoms with Crippen LogP contribution in [0.25, 0.3) is 16.7 Å². The van der Waals surface area contributed by atoms with E-state index in [1.54, 1.807) is 16.8 Å². The Morgan fingerprint density at radius 3 is 2.22 bits per heavy atom. The van der Waals surface area contributed by atoms with Crippen LogP contribution >= 0.6 is 0 Å². The second-order valence-corrected chi connectivity index (χ2v) is 8.02. The van der Waals surface area contributed by atoms with Crippen molar-refractivity contribution in [1.82, 2.24) is 19.4 Å². The molecule has 2 aromatic carbocycles. The normalized spacial score (nSPS) is 10.9. The minimum atomic E-state index is -0.537. The van der Waals surface area contributed by atoms with Gasteiger partial charge in [0, 0.05) is 5.56 Å². The summed E-state index contributed by atoms with van der Waals surface area (Å²) in [4.78, 5) is 30.6. The van der Waals surface area contributed by atoms with Crippen molar-refractivity contribution in [3.05, 3.63) is 69.9 Å². The zero-order chi connectivity index (χ0) is 25.8. The third kappa shape index (κ3) is 4.74. The lowest BCUT2D eigenvalue weighted by Crippen LogP contribution is -2.33. The average Bonchev–Trinajstić information content (AvgIpc) is 3.29. The molecule has 1 amide bonds. The number of aryl methyl sites for hydroxylation is 2. The van der Waals surface area contributed by atoms with Crippen molar-refractivity contribution >= 4 is 16.9 Å². The summed E-state index contributed by atoms with van der Waals surface area (Å²) in [5.74, 6) is 0.651. The van der Waals surface area contributed by atoms with Crippen LogP contribution in [0.2, 0.25) is 0 Å². The Morgan fingerprint density at radius 2 is 1.61 bits per heavy atom. The molecule has 10 heteroatoms. The van der Waals surface area contributed by atoms with Gasteiger partial charge in [0.1, 0.15) is 11.7 Å². The highest BCUT2D eigenvalue weighted by Gasteiger charge is 2.20. The van der Waals surface area contributed by atoms with Crippen LogP contribution in [0.3, 0.4) is 0 Å². The second-order valence-electron chi connectivity index (χ2n) is 8.02. The highest BCUT2D eigenvalue weighted by atomic mass is 16.5. The Morgan fingerprint density at radius 1 is 0.944 bits per heavy atom. The van der Waals surface area contributed by atoms with E-state index in [-0.39, 0.29) is 10.9 Å². The molecule has 188 valence electrons. The molecule has 10 nitrogen and oxygen atoms in total. The van der Waals surface area contributed by atoms with E-state index < -0.39 is 11.5 Å². The molecule has 0 radical (unpaired) electrons. The number of hydrogen-bond acceptors (Lipinski definition) is 7. The van der Waals surface area contributed by atoms with Gasteiger partial charge in [0.05, 0.1) is 31.7 Å². The largest absolute Gasteiger partial charge is 0.490 e. The van der Waals surface area contributed by atoms with Crippen molar-refractivity contribution in [2.45, 2.75) is 34.6 Å². The van der Waals surface area contributed by atoms with E-state index in [1.165, 1.54) is 12.5 Å². The Kier molecular flexibility index (Phi) is 7.23. The summed E-state index contributed by atoms with van der Waals surface area (Å²) in [6, 6.07) is 9.00. The number of amides is 1. The van der Waals surface area contributed by atoms with Gasteiger partial charge in [-0.2, -0.15) is 5.10 Å². The van der Waals surface area contributed by atoms with Crippen molar-refractivity contribution in [2.75, 3.05) is 25.2 Å². The Balaban J connectivity index is 1.68. The first-order valence-corrected chi connectivity index (χ1v) is 11.8. The zero-order valence-electron chi connectivity index (χ0n) is 21.0. The third-order valence-corrected chi connectivity index (χ3v) is 5.62. The monoisotopic (exact) mass is 491 g/mol. The summed E-state index contributed by atoms with van der Waals surface area (Å²) in [7, 11) is 0. The van der Waals surface area contributed by atoms with Crippen LogP contribution in [-0.2, 0) is 0 Å². The van der Waals surface area contributed by atoms with Crippen molar-refractivity contribution in [1.29, 1.82) is 0 Å². The molecule has 0 aliphatic rings.